The number of para-hydroxylation sites is 1. The Labute approximate surface area is 169 Å². The van der Waals surface area contributed by atoms with Gasteiger partial charge in [-0.3, -0.25) is 29.4 Å². The minimum absolute atomic E-state index is 0.0311. The molecule has 0 atom stereocenters. The number of aryl methyl sites for hydroxylation is 1. The van der Waals surface area contributed by atoms with Crippen LogP contribution in [0.25, 0.3) is 5.69 Å². The third kappa shape index (κ3) is 3.30. The van der Waals surface area contributed by atoms with E-state index in [9.17, 15) is 24.5 Å². The molecule has 1 aliphatic rings. The van der Waals surface area contributed by atoms with Gasteiger partial charge in [0.15, 0.2) is 0 Å². The van der Waals surface area contributed by atoms with E-state index in [0.717, 1.165) is 22.7 Å². The molecule has 3 amide bonds. The minimum atomic E-state index is -0.749. The molecule has 0 saturated carbocycles. The van der Waals surface area contributed by atoms with E-state index < -0.39 is 29.2 Å². The van der Waals surface area contributed by atoms with Crippen LogP contribution in [0, 0.1) is 17.0 Å². The molecular weight excluding hydrogens is 390 g/mol. The van der Waals surface area contributed by atoms with Crippen LogP contribution in [0.5, 0.6) is 0 Å². The maximum Gasteiger partial charge on any atom is 0.270 e. The first-order chi connectivity index (χ1) is 14.3. The van der Waals surface area contributed by atoms with Crippen molar-refractivity contribution in [3.63, 3.8) is 0 Å². The molecule has 2 heterocycles. The Morgan fingerprint density at radius 3 is 2.47 bits per heavy atom. The molecule has 0 fully saturated rings. The van der Waals surface area contributed by atoms with Gasteiger partial charge in [-0.2, -0.15) is 5.10 Å². The van der Waals surface area contributed by atoms with Crippen LogP contribution >= 0.6 is 0 Å². The van der Waals surface area contributed by atoms with Crippen LogP contribution in [0.15, 0.2) is 54.6 Å². The molecule has 2 aromatic carbocycles. The van der Waals surface area contributed by atoms with Gasteiger partial charge in [0, 0.05) is 18.2 Å². The van der Waals surface area contributed by atoms with E-state index in [1.165, 1.54) is 6.07 Å². The highest BCUT2D eigenvalue weighted by atomic mass is 16.6. The van der Waals surface area contributed by atoms with Crippen LogP contribution in [0.2, 0.25) is 0 Å². The smallest absolute Gasteiger partial charge is 0.270 e. The largest absolute Gasteiger partial charge is 0.309 e. The second-order valence-electron chi connectivity index (χ2n) is 6.65. The highest BCUT2D eigenvalue weighted by molar-refractivity contribution is 6.23. The summed E-state index contributed by atoms with van der Waals surface area (Å²) in [4.78, 5) is 48.7. The number of nitro groups is 1. The molecule has 1 aliphatic heterocycles. The fourth-order valence-corrected chi connectivity index (χ4v) is 3.22. The Morgan fingerprint density at radius 2 is 1.77 bits per heavy atom. The number of nitro benzene ring substituents is 1. The number of aromatic nitrogens is 2. The molecule has 0 radical (unpaired) electrons. The monoisotopic (exact) mass is 405 g/mol. The van der Waals surface area contributed by atoms with Gasteiger partial charge >= 0.3 is 0 Å². The molecular formula is C20H15N5O5. The maximum atomic E-state index is 12.6. The number of hydrogen-bond donors (Lipinski definition) is 1. The SMILES string of the molecule is Cc1cc(NC(=O)CN2C(=O)c3ccc([N+](=O)[O-])cc3C2=O)n(-c2ccccc2)n1. The number of anilines is 1. The molecule has 0 saturated heterocycles. The zero-order valence-corrected chi connectivity index (χ0v) is 15.7. The number of amides is 3. The Hall–Kier alpha value is -4.34. The Bertz CT molecular complexity index is 1200. The molecule has 30 heavy (non-hydrogen) atoms. The van der Waals surface area contributed by atoms with Crippen molar-refractivity contribution in [2.45, 2.75) is 6.92 Å². The van der Waals surface area contributed by atoms with E-state index in [2.05, 4.69) is 10.4 Å². The third-order valence-electron chi connectivity index (χ3n) is 4.57. The number of rotatable bonds is 5. The number of hydrogen-bond acceptors (Lipinski definition) is 6. The van der Waals surface area contributed by atoms with Crippen molar-refractivity contribution in [2.75, 3.05) is 11.9 Å². The summed E-state index contributed by atoms with van der Waals surface area (Å²) < 4.78 is 1.54. The minimum Gasteiger partial charge on any atom is -0.309 e. The molecule has 3 aromatic rings. The summed E-state index contributed by atoms with van der Waals surface area (Å²) in [5.74, 6) is -1.64. The van der Waals surface area contributed by atoms with Gasteiger partial charge in [-0.15, -0.1) is 0 Å². The van der Waals surface area contributed by atoms with Gasteiger partial charge in [0.1, 0.15) is 12.4 Å². The fourth-order valence-electron chi connectivity index (χ4n) is 3.22. The summed E-state index contributed by atoms with van der Waals surface area (Å²) in [7, 11) is 0. The molecule has 4 rings (SSSR count). The van der Waals surface area contributed by atoms with Gasteiger partial charge in [0.2, 0.25) is 5.91 Å². The summed E-state index contributed by atoms with van der Waals surface area (Å²) >= 11 is 0. The lowest BCUT2D eigenvalue weighted by molar-refractivity contribution is -0.384. The standard InChI is InChI=1S/C20H15N5O5/c1-12-9-17(24(22-12)13-5-3-2-4-6-13)21-18(26)11-23-19(27)15-8-7-14(25(29)30)10-16(15)20(23)28/h2-10H,11H2,1H3,(H,21,26). The second-order valence-corrected chi connectivity index (χ2v) is 6.65. The number of imide groups is 1. The first-order valence-corrected chi connectivity index (χ1v) is 8.92. The first-order valence-electron chi connectivity index (χ1n) is 8.92. The number of carbonyl (C=O) groups is 3. The normalized spacial score (nSPS) is 12.8. The molecule has 150 valence electrons. The molecule has 0 spiro atoms. The molecule has 1 aromatic heterocycles. The van der Waals surface area contributed by atoms with Crippen molar-refractivity contribution in [1.82, 2.24) is 14.7 Å². The van der Waals surface area contributed by atoms with Gasteiger partial charge in [0.25, 0.3) is 17.5 Å². The number of nitrogens with zero attached hydrogens (tertiary/aromatic N) is 4. The molecule has 0 bridgehead atoms. The van der Waals surface area contributed by atoms with Crippen molar-refractivity contribution < 1.29 is 19.3 Å². The van der Waals surface area contributed by atoms with E-state index in [4.69, 9.17) is 0 Å². The fraction of sp³-hybridized carbons (Fsp3) is 0.100. The maximum absolute atomic E-state index is 12.6. The number of carbonyl (C=O) groups excluding carboxylic acids is 3. The number of nitrogens with one attached hydrogen (secondary N) is 1. The summed E-state index contributed by atoms with van der Waals surface area (Å²) in [6.45, 7) is 1.24. The predicted octanol–water partition coefficient (Wildman–Crippen LogP) is 2.32. The van der Waals surface area contributed by atoms with E-state index in [0.29, 0.717) is 11.5 Å². The quantitative estimate of drug-likeness (QED) is 0.394. The zero-order chi connectivity index (χ0) is 21.4. The lowest BCUT2D eigenvalue weighted by Crippen LogP contribution is -2.37. The van der Waals surface area contributed by atoms with Crippen molar-refractivity contribution in [2.24, 2.45) is 0 Å². The average molecular weight is 405 g/mol. The van der Waals surface area contributed by atoms with Crippen molar-refractivity contribution in [3.8, 4) is 5.69 Å². The van der Waals surface area contributed by atoms with Crippen LogP contribution in [0.4, 0.5) is 11.5 Å². The number of benzene rings is 2. The summed E-state index contributed by atoms with van der Waals surface area (Å²) in [5.41, 5.74) is 1.04. The summed E-state index contributed by atoms with van der Waals surface area (Å²) in [6, 6.07) is 14.2. The average Bonchev–Trinajstić information content (AvgIpc) is 3.20. The molecule has 10 nitrogen and oxygen atoms in total. The topological polar surface area (TPSA) is 127 Å². The Morgan fingerprint density at radius 1 is 1.07 bits per heavy atom. The van der Waals surface area contributed by atoms with E-state index >= 15 is 0 Å². The summed E-state index contributed by atoms with van der Waals surface area (Å²) in [5, 5.41) is 17.9. The van der Waals surface area contributed by atoms with Gasteiger partial charge < -0.3 is 5.32 Å². The number of fused-ring (bicyclic) bond motifs is 1. The predicted molar refractivity (Wildman–Crippen MR) is 105 cm³/mol. The lowest BCUT2D eigenvalue weighted by Gasteiger charge is -2.14. The van der Waals surface area contributed by atoms with Gasteiger partial charge in [-0.05, 0) is 25.1 Å². The lowest BCUT2D eigenvalue weighted by atomic mass is 10.1. The second kappa shape index (κ2) is 7.24. The third-order valence-corrected chi connectivity index (χ3v) is 4.57. The van der Waals surface area contributed by atoms with E-state index in [-0.39, 0.29) is 16.8 Å². The van der Waals surface area contributed by atoms with Crippen LogP contribution in [0.1, 0.15) is 26.4 Å². The van der Waals surface area contributed by atoms with Crippen molar-refractivity contribution >= 4 is 29.2 Å². The Kier molecular flexibility index (Phi) is 4.59. The van der Waals surface area contributed by atoms with Crippen LogP contribution in [-0.4, -0.2) is 43.9 Å². The summed E-state index contributed by atoms with van der Waals surface area (Å²) in [6.07, 6.45) is 0. The molecule has 0 aliphatic carbocycles. The zero-order valence-electron chi connectivity index (χ0n) is 15.7. The van der Waals surface area contributed by atoms with Crippen LogP contribution in [0.3, 0.4) is 0 Å². The van der Waals surface area contributed by atoms with Crippen molar-refractivity contribution in [1.29, 1.82) is 0 Å². The van der Waals surface area contributed by atoms with E-state index in [1.807, 2.05) is 30.3 Å². The molecule has 1 N–H and O–H groups in total. The first kappa shape index (κ1) is 19.0. The van der Waals surface area contributed by atoms with Crippen molar-refractivity contribution in [3.05, 3.63) is 81.5 Å². The van der Waals surface area contributed by atoms with Gasteiger partial charge in [-0.1, -0.05) is 18.2 Å². The highest BCUT2D eigenvalue weighted by Gasteiger charge is 2.37. The van der Waals surface area contributed by atoms with Gasteiger partial charge in [-0.25, -0.2) is 4.68 Å². The van der Waals surface area contributed by atoms with E-state index in [1.54, 1.807) is 17.7 Å². The molecule has 10 heteroatoms. The Balaban J connectivity index is 1.54. The van der Waals surface area contributed by atoms with Crippen LogP contribution < -0.4 is 5.32 Å². The molecule has 0 unspecified atom stereocenters. The number of non-ortho nitro benzene ring substituents is 1. The van der Waals surface area contributed by atoms with Gasteiger partial charge in [0.05, 0.1) is 27.4 Å². The van der Waals surface area contributed by atoms with Crippen LogP contribution in [-0.2, 0) is 4.79 Å². The highest BCUT2D eigenvalue weighted by Crippen LogP contribution is 2.27.